The highest BCUT2D eigenvalue weighted by atomic mass is 16.5. The molecule has 42 heavy (non-hydrogen) atoms. The number of methoxy groups -OCH3 is 1. The number of aliphatic carboxylic acids is 1. The van der Waals surface area contributed by atoms with Crippen LogP contribution in [-0.4, -0.2) is 75.9 Å². The molecule has 0 unspecified atom stereocenters. The summed E-state index contributed by atoms with van der Waals surface area (Å²) in [5.41, 5.74) is 4.08. The molecule has 4 fully saturated rings. The summed E-state index contributed by atoms with van der Waals surface area (Å²) in [5.74, 6) is 0.673. The van der Waals surface area contributed by atoms with Gasteiger partial charge in [-0.25, -0.2) is 0 Å². The van der Waals surface area contributed by atoms with Crippen molar-refractivity contribution >= 4 is 5.97 Å². The quantitative estimate of drug-likeness (QED) is 0.193. The highest BCUT2D eigenvalue weighted by molar-refractivity contribution is 5.73. The van der Waals surface area contributed by atoms with Crippen LogP contribution < -0.4 is 5.43 Å². The maximum atomic E-state index is 13.3. The van der Waals surface area contributed by atoms with Crippen LogP contribution in [0.15, 0.2) is 11.6 Å². The maximum Gasteiger partial charge on any atom is 0.307 e. The van der Waals surface area contributed by atoms with Crippen LogP contribution >= 0.6 is 0 Å². The van der Waals surface area contributed by atoms with Crippen molar-refractivity contribution in [3.05, 3.63) is 11.6 Å². The van der Waals surface area contributed by atoms with Crippen LogP contribution in [0.3, 0.4) is 0 Å². The fourth-order valence-electron chi connectivity index (χ4n) is 11.5. The van der Waals surface area contributed by atoms with Crippen LogP contribution in [0.1, 0.15) is 87.0 Å². The van der Waals surface area contributed by atoms with Crippen molar-refractivity contribution in [2.24, 2.45) is 56.7 Å². The second-order valence-corrected chi connectivity index (χ2v) is 16.4. The maximum absolute atomic E-state index is 13.3. The minimum absolute atomic E-state index is 0.00331. The van der Waals surface area contributed by atoms with E-state index in [4.69, 9.17) is 14.2 Å². The molecule has 5 rings (SSSR count). The number of ether oxygens (including phenoxy) is 3. The van der Waals surface area contributed by atoms with E-state index >= 15 is 0 Å². The summed E-state index contributed by atoms with van der Waals surface area (Å²) in [4.78, 5) is 13.3. The van der Waals surface area contributed by atoms with Crippen LogP contribution in [-0.2, 0) is 19.0 Å². The highest BCUT2D eigenvalue weighted by Crippen LogP contribution is 2.75. The molecule has 0 radical (unpaired) electrons. The SMILES string of the molecule is CO[C@@H]1C[C@@]23COC[C@@](C)([C@@H]2CC[C@H]2C3=CC[C@@]3(C)[C@H](C(=O)O)[C@@](C)([C@H](C)C(C)C)CC[C@]23C)[C@H]1OCCNN(C)C. The van der Waals surface area contributed by atoms with Gasteiger partial charge in [-0.2, -0.15) is 0 Å². The Balaban J connectivity index is 1.52. The lowest BCUT2D eigenvalue weighted by Crippen LogP contribution is -2.70. The van der Waals surface area contributed by atoms with Gasteiger partial charge in [0.25, 0.3) is 0 Å². The van der Waals surface area contributed by atoms with E-state index in [0.717, 1.165) is 51.7 Å². The van der Waals surface area contributed by atoms with Crippen LogP contribution in [0, 0.1) is 56.7 Å². The van der Waals surface area contributed by atoms with Crippen molar-refractivity contribution in [1.29, 1.82) is 0 Å². The average molecular weight is 589 g/mol. The number of hydrogen-bond donors (Lipinski definition) is 2. The summed E-state index contributed by atoms with van der Waals surface area (Å²) in [7, 11) is 5.85. The Morgan fingerprint density at radius 3 is 2.45 bits per heavy atom. The van der Waals surface area contributed by atoms with Gasteiger partial charge in [-0.3, -0.25) is 15.2 Å². The third-order valence-electron chi connectivity index (χ3n) is 14.2. The van der Waals surface area contributed by atoms with E-state index < -0.39 is 5.97 Å². The largest absolute Gasteiger partial charge is 0.481 e. The van der Waals surface area contributed by atoms with Gasteiger partial charge in [0.2, 0.25) is 0 Å². The second kappa shape index (κ2) is 11.1. The van der Waals surface area contributed by atoms with Crippen molar-refractivity contribution in [3.63, 3.8) is 0 Å². The number of nitrogens with one attached hydrogen (secondary N) is 1. The molecule has 5 aliphatic rings. The number of allylic oxidation sites excluding steroid dienone is 1. The lowest BCUT2D eigenvalue weighted by molar-refractivity contribution is -0.267. The first-order valence-electron chi connectivity index (χ1n) is 16.7. The molecule has 11 atom stereocenters. The normalized spacial score (nSPS) is 47.3. The van der Waals surface area contributed by atoms with E-state index in [-0.39, 0.29) is 45.2 Å². The molecular weight excluding hydrogens is 528 g/mol. The molecule has 0 aromatic carbocycles. The summed E-state index contributed by atoms with van der Waals surface area (Å²) in [6.45, 7) is 19.1. The van der Waals surface area contributed by atoms with E-state index in [1.165, 1.54) is 0 Å². The zero-order valence-corrected chi connectivity index (χ0v) is 28.2. The third-order valence-corrected chi connectivity index (χ3v) is 14.2. The minimum atomic E-state index is -0.600. The van der Waals surface area contributed by atoms with E-state index in [0.29, 0.717) is 36.9 Å². The first-order chi connectivity index (χ1) is 19.6. The molecule has 0 aromatic heterocycles. The molecule has 1 heterocycles. The lowest BCUT2D eigenvalue weighted by Gasteiger charge is -2.71. The van der Waals surface area contributed by atoms with Gasteiger partial charge in [0, 0.05) is 38.6 Å². The van der Waals surface area contributed by atoms with E-state index in [1.807, 2.05) is 26.2 Å². The Morgan fingerprint density at radius 2 is 1.83 bits per heavy atom. The molecular formula is C35H60N2O5. The first kappa shape index (κ1) is 32.4. The van der Waals surface area contributed by atoms with Crippen LogP contribution in [0.25, 0.3) is 0 Å². The smallest absolute Gasteiger partial charge is 0.307 e. The fraction of sp³-hybridized carbons (Fsp3) is 0.914. The van der Waals surface area contributed by atoms with Gasteiger partial charge in [-0.05, 0) is 78.4 Å². The van der Waals surface area contributed by atoms with Gasteiger partial charge in [-0.15, -0.1) is 0 Å². The van der Waals surface area contributed by atoms with Crippen molar-refractivity contribution < 1.29 is 24.1 Å². The summed E-state index contributed by atoms with van der Waals surface area (Å²) in [6, 6.07) is 0. The Bertz CT molecular complexity index is 1060. The molecule has 240 valence electrons. The molecule has 0 aromatic rings. The molecule has 1 saturated heterocycles. The molecule has 7 nitrogen and oxygen atoms in total. The van der Waals surface area contributed by atoms with Crippen molar-refractivity contribution in [1.82, 2.24) is 10.4 Å². The third kappa shape index (κ3) is 4.49. The lowest BCUT2D eigenvalue weighted by atomic mass is 9.34. The molecule has 0 spiro atoms. The topological polar surface area (TPSA) is 80.3 Å². The van der Waals surface area contributed by atoms with Gasteiger partial charge in [-0.1, -0.05) is 60.1 Å². The Kier molecular flexibility index (Phi) is 8.58. The number of hydrazine groups is 1. The Labute approximate surface area is 255 Å². The second-order valence-electron chi connectivity index (χ2n) is 16.4. The number of fused-ring (bicyclic) bond motifs is 3. The zero-order chi connectivity index (χ0) is 30.9. The Morgan fingerprint density at radius 1 is 1.12 bits per heavy atom. The standard InChI is InChI=1S/C35H60N2O5/c1-22(2)23(3)31(4)15-16-33(6)24-11-12-27-32(5)20-41-21-35(27,25(24)13-14-34(33,7)28(31)30(38)39)19-26(40-10)29(32)42-18-17-36-37(8)9/h13,22-24,26-29,36H,11-12,14-21H2,1-10H3,(H,38,39)/t23-,24+,26-,27+,28-,29+,31-,32+,33-,34+,35+/m1/s1. The van der Waals surface area contributed by atoms with Crippen LogP contribution in [0.2, 0.25) is 0 Å². The summed E-state index contributed by atoms with van der Waals surface area (Å²) in [6.07, 6.45) is 8.55. The van der Waals surface area contributed by atoms with Gasteiger partial charge >= 0.3 is 5.97 Å². The molecule has 1 aliphatic heterocycles. The predicted molar refractivity (Wildman–Crippen MR) is 166 cm³/mol. The van der Waals surface area contributed by atoms with Gasteiger partial charge in [0.15, 0.2) is 0 Å². The number of carboxylic acids is 1. The number of carboxylic acid groups (broad SMARTS) is 1. The molecule has 7 heteroatoms. The van der Waals surface area contributed by atoms with Gasteiger partial charge in [0.1, 0.15) is 0 Å². The minimum Gasteiger partial charge on any atom is -0.481 e. The van der Waals surface area contributed by atoms with Crippen LogP contribution in [0.5, 0.6) is 0 Å². The number of nitrogens with zero attached hydrogens (tertiary/aromatic N) is 1. The van der Waals surface area contributed by atoms with E-state index in [2.05, 4.69) is 60.0 Å². The van der Waals surface area contributed by atoms with Crippen LogP contribution in [0.4, 0.5) is 0 Å². The molecule has 3 saturated carbocycles. The first-order valence-corrected chi connectivity index (χ1v) is 16.7. The Hall–Kier alpha value is -0.990. The monoisotopic (exact) mass is 588 g/mol. The summed E-state index contributed by atoms with van der Waals surface area (Å²) >= 11 is 0. The number of rotatable bonds is 9. The van der Waals surface area contributed by atoms with Crippen molar-refractivity contribution in [2.45, 2.75) is 99.2 Å². The van der Waals surface area contributed by atoms with Crippen molar-refractivity contribution in [3.8, 4) is 0 Å². The molecule has 2 bridgehead atoms. The average Bonchev–Trinajstić information content (AvgIpc) is 2.91. The molecule has 0 amide bonds. The van der Waals surface area contributed by atoms with Crippen molar-refractivity contribution in [2.75, 3.05) is 47.6 Å². The predicted octanol–water partition coefficient (Wildman–Crippen LogP) is 6.04. The molecule has 2 N–H and O–H groups in total. The highest BCUT2D eigenvalue weighted by Gasteiger charge is 2.71. The number of hydrogen-bond acceptors (Lipinski definition) is 6. The molecule has 4 aliphatic carbocycles. The number of carbonyl (C=O) groups is 1. The fourth-order valence-corrected chi connectivity index (χ4v) is 11.5. The van der Waals surface area contributed by atoms with E-state index in [9.17, 15) is 9.90 Å². The summed E-state index contributed by atoms with van der Waals surface area (Å²) < 4.78 is 19.5. The zero-order valence-electron chi connectivity index (χ0n) is 28.2. The van der Waals surface area contributed by atoms with Gasteiger partial charge in [0.05, 0.1) is 37.9 Å². The van der Waals surface area contributed by atoms with E-state index in [1.54, 1.807) is 5.57 Å². The van der Waals surface area contributed by atoms with Gasteiger partial charge < -0.3 is 19.3 Å². The summed E-state index contributed by atoms with van der Waals surface area (Å²) in [5, 5.41) is 12.9.